The molecule has 9 nitrogen and oxygen atoms in total. The van der Waals surface area contributed by atoms with Gasteiger partial charge in [-0.3, -0.25) is 0 Å². The van der Waals surface area contributed by atoms with Gasteiger partial charge in [0.05, 0.1) is 0 Å². The molecule has 9 heteroatoms. The summed E-state index contributed by atoms with van der Waals surface area (Å²) in [4.78, 5) is 16.4. The molecule has 1 aliphatic carbocycles. The lowest BCUT2D eigenvalue weighted by molar-refractivity contribution is 0.0363. The third-order valence-electron chi connectivity index (χ3n) is 6.96. The predicted octanol–water partition coefficient (Wildman–Crippen LogP) is 6.99. The van der Waals surface area contributed by atoms with Crippen LogP contribution in [0.15, 0.2) is 71.1 Å². The molecule has 2 aromatic carbocycles. The second-order valence-electron chi connectivity index (χ2n) is 11.8. The van der Waals surface area contributed by atoms with Crippen LogP contribution in [-0.4, -0.2) is 39.0 Å². The van der Waals surface area contributed by atoms with Crippen LogP contribution < -0.4 is 14.8 Å². The van der Waals surface area contributed by atoms with Gasteiger partial charge < -0.3 is 23.9 Å². The van der Waals surface area contributed by atoms with E-state index in [9.17, 15) is 4.79 Å². The van der Waals surface area contributed by atoms with Gasteiger partial charge in [0, 0.05) is 37.3 Å². The van der Waals surface area contributed by atoms with Crippen LogP contribution in [0.3, 0.4) is 0 Å². The fraction of sp³-hybridized carbons (Fsp3) is 0.375. The second-order valence-corrected chi connectivity index (χ2v) is 11.8. The highest BCUT2D eigenvalue weighted by Gasteiger charge is 2.33. The third-order valence-corrected chi connectivity index (χ3v) is 6.96. The van der Waals surface area contributed by atoms with Crippen LogP contribution in [0.4, 0.5) is 4.79 Å². The first-order valence-corrected chi connectivity index (χ1v) is 13.8. The number of aromatic nitrogens is 3. The summed E-state index contributed by atoms with van der Waals surface area (Å²) < 4.78 is 22.9. The molecule has 0 aliphatic heterocycles. The third kappa shape index (κ3) is 7.03. The molecule has 0 bridgehead atoms. The Kier molecular flexibility index (Phi) is 7.71. The molecule has 0 atom stereocenters. The van der Waals surface area contributed by atoms with Crippen LogP contribution in [0.2, 0.25) is 0 Å². The summed E-state index contributed by atoms with van der Waals surface area (Å²) in [5.41, 5.74) is 2.14. The number of alkyl carbamates (subject to hydrolysis) is 1. The van der Waals surface area contributed by atoms with E-state index in [1.165, 1.54) is 5.56 Å². The van der Waals surface area contributed by atoms with Crippen LogP contribution in [0.5, 0.6) is 17.4 Å². The van der Waals surface area contributed by atoms with E-state index in [0.29, 0.717) is 29.1 Å². The second kappa shape index (κ2) is 11.2. The number of nitrogens with one attached hydrogen (secondary N) is 1. The Balaban J connectivity index is 1.15. The van der Waals surface area contributed by atoms with E-state index in [2.05, 4.69) is 58.6 Å². The Morgan fingerprint density at radius 3 is 2.10 bits per heavy atom. The van der Waals surface area contributed by atoms with E-state index in [1.54, 1.807) is 19.1 Å². The Labute approximate surface area is 240 Å². The van der Waals surface area contributed by atoms with Gasteiger partial charge in [-0.2, -0.15) is 0 Å². The number of amides is 1. The minimum atomic E-state index is -0.504. The zero-order valence-electron chi connectivity index (χ0n) is 24.3. The highest BCUT2D eigenvalue weighted by atomic mass is 16.6. The molecule has 5 rings (SSSR count). The van der Waals surface area contributed by atoms with Crippen molar-refractivity contribution in [1.29, 1.82) is 0 Å². The SMILES string of the molecule is Cc1nnc(-c2cccc(Oc3ccc(C(C)(C)c4ccc(OC5CC(NC(=O)OC(C)(C)C)C5)cc4)cc3)n2)o1. The molecule has 4 aromatic rings. The number of carbonyl (C=O) groups excluding carboxylic acids is 1. The molecular formula is C32H36N4O5. The van der Waals surface area contributed by atoms with Gasteiger partial charge in [-0.15, -0.1) is 10.2 Å². The Hall–Kier alpha value is -4.40. The first kappa shape index (κ1) is 28.1. The summed E-state index contributed by atoms with van der Waals surface area (Å²) in [6.07, 6.45) is 1.22. The van der Waals surface area contributed by atoms with Crippen LogP contribution in [-0.2, 0) is 10.2 Å². The topological polar surface area (TPSA) is 109 Å². The van der Waals surface area contributed by atoms with Crippen molar-refractivity contribution in [1.82, 2.24) is 20.5 Å². The first-order chi connectivity index (χ1) is 19.4. The zero-order chi connectivity index (χ0) is 29.2. The van der Waals surface area contributed by atoms with E-state index in [-0.39, 0.29) is 23.7 Å². The van der Waals surface area contributed by atoms with E-state index in [4.69, 9.17) is 18.6 Å². The quantitative estimate of drug-likeness (QED) is 0.247. The van der Waals surface area contributed by atoms with Crippen LogP contribution in [0.25, 0.3) is 11.6 Å². The lowest BCUT2D eigenvalue weighted by Crippen LogP contribution is -2.50. The van der Waals surface area contributed by atoms with Crippen LogP contribution in [0, 0.1) is 6.92 Å². The van der Waals surface area contributed by atoms with Crippen molar-refractivity contribution < 1.29 is 23.4 Å². The van der Waals surface area contributed by atoms with E-state index in [1.807, 2.05) is 51.1 Å². The molecular weight excluding hydrogens is 520 g/mol. The molecule has 1 amide bonds. The molecule has 214 valence electrons. The molecule has 1 N–H and O–H groups in total. The molecule has 1 fully saturated rings. The van der Waals surface area contributed by atoms with Gasteiger partial charge in [-0.1, -0.05) is 44.2 Å². The molecule has 0 radical (unpaired) electrons. The Morgan fingerprint density at radius 2 is 1.51 bits per heavy atom. The smallest absolute Gasteiger partial charge is 0.407 e. The van der Waals surface area contributed by atoms with Crippen molar-refractivity contribution in [2.24, 2.45) is 0 Å². The number of rotatable bonds is 8. The summed E-state index contributed by atoms with van der Waals surface area (Å²) in [6, 6.07) is 21.7. The normalized spacial score (nSPS) is 16.9. The molecule has 1 aliphatic rings. The van der Waals surface area contributed by atoms with Gasteiger partial charge >= 0.3 is 6.09 Å². The van der Waals surface area contributed by atoms with Crippen molar-refractivity contribution in [3.63, 3.8) is 0 Å². The van der Waals surface area contributed by atoms with Gasteiger partial charge in [0.1, 0.15) is 28.9 Å². The number of pyridine rings is 1. The van der Waals surface area contributed by atoms with Crippen molar-refractivity contribution in [2.45, 2.75) is 77.5 Å². The summed E-state index contributed by atoms with van der Waals surface area (Å²) in [5, 5.41) is 10.8. The standard InChI is InChI=1S/C32H36N4O5/c1-20-35-36-29(38-20)27-8-7-9-28(34-27)40-25-16-12-22(13-17-25)32(5,6)21-10-14-24(15-11-21)39-26-18-23(19-26)33-30(37)41-31(2,3)4/h7-17,23,26H,18-19H2,1-6H3,(H,33,37). The number of carbonyl (C=O) groups is 1. The minimum absolute atomic E-state index is 0.0765. The average Bonchev–Trinajstić information content (AvgIpc) is 3.33. The van der Waals surface area contributed by atoms with Gasteiger partial charge in [-0.25, -0.2) is 9.78 Å². The van der Waals surface area contributed by atoms with E-state index in [0.717, 1.165) is 24.2 Å². The van der Waals surface area contributed by atoms with Crippen LogP contribution in [0.1, 0.15) is 64.5 Å². The molecule has 0 saturated heterocycles. The molecule has 2 aromatic heterocycles. The number of ether oxygens (including phenoxy) is 3. The van der Waals surface area contributed by atoms with E-state index < -0.39 is 5.60 Å². The van der Waals surface area contributed by atoms with Crippen molar-refractivity contribution in [3.8, 4) is 29.0 Å². The summed E-state index contributed by atoms with van der Waals surface area (Å²) in [7, 11) is 0. The zero-order valence-corrected chi connectivity index (χ0v) is 24.3. The van der Waals surface area contributed by atoms with Crippen molar-refractivity contribution >= 4 is 6.09 Å². The highest BCUT2D eigenvalue weighted by molar-refractivity contribution is 5.68. The Morgan fingerprint density at radius 1 is 0.878 bits per heavy atom. The fourth-order valence-electron chi connectivity index (χ4n) is 4.61. The summed E-state index contributed by atoms with van der Waals surface area (Å²) in [5.74, 6) is 2.78. The molecule has 2 heterocycles. The fourth-order valence-corrected chi connectivity index (χ4v) is 4.61. The number of aryl methyl sites for hydroxylation is 1. The number of hydrogen-bond acceptors (Lipinski definition) is 8. The van der Waals surface area contributed by atoms with Gasteiger partial charge in [0.2, 0.25) is 11.8 Å². The van der Waals surface area contributed by atoms with Gasteiger partial charge in [0.15, 0.2) is 0 Å². The lowest BCUT2D eigenvalue weighted by atomic mass is 9.78. The monoisotopic (exact) mass is 556 g/mol. The molecule has 41 heavy (non-hydrogen) atoms. The predicted molar refractivity (Wildman–Crippen MR) is 154 cm³/mol. The minimum Gasteiger partial charge on any atom is -0.490 e. The Bertz CT molecular complexity index is 1480. The van der Waals surface area contributed by atoms with Crippen molar-refractivity contribution in [3.05, 3.63) is 83.7 Å². The summed E-state index contributed by atoms with van der Waals surface area (Å²) >= 11 is 0. The highest BCUT2D eigenvalue weighted by Crippen LogP contribution is 2.35. The van der Waals surface area contributed by atoms with E-state index >= 15 is 0 Å². The average molecular weight is 557 g/mol. The number of hydrogen-bond donors (Lipinski definition) is 1. The molecule has 0 spiro atoms. The maximum absolute atomic E-state index is 11.9. The maximum atomic E-state index is 11.9. The van der Waals surface area contributed by atoms with Gasteiger partial charge in [-0.05, 0) is 62.2 Å². The van der Waals surface area contributed by atoms with Crippen molar-refractivity contribution in [2.75, 3.05) is 0 Å². The summed E-state index contributed by atoms with van der Waals surface area (Å²) in [6.45, 7) is 11.7. The largest absolute Gasteiger partial charge is 0.490 e. The molecule has 0 unspecified atom stereocenters. The van der Waals surface area contributed by atoms with Crippen LogP contribution >= 0.6 is 0 Å². The number of nitrogens with zero attached hydrogens (tertiary/aromatic N) is 3. The van der Waals surface area contributed by atoms with Gasteiger partial charge in [0.25, 0.3) is 5.89 Å². The lowest BCUT2D eigenvalue weighted by Gasteiger charge is -2.36. The maximum Gasteiger partial charge on any atom is 0.407 e. The molecule has 1 saturated carbocycles. The number of benzene rings is 2. The first-order valence-electron chi connectivity index (χ1n) is 13.8.